The minimum Gasteiger partial charge on any atom is -0.482 e. The number of nitrogens with one attached hydrogen (secondary N) is 2. The molecule has 10 heteroatoms. The van der Waals surface area contributed by atoms with E-state index >= 15 is 0 Å². The summed E-state index contributed by atoms with van der Waals surface area (Å²) in [4.78, 5) is 24.5. The van der Waals surface area contributed by atoms with Gasteiger partial charge in [-0.1, -0.05) is 40.9 Å². The number of benzene rings is 3. The minimum atomic E-state index is -0.662. The molecule has 0 saturated heterocycles. The van der Waals surface area contributed by atoms with Gasteiger partial charge in [0.15, 0.2) is 6.61 Å². The van der Waals surface area contributed by atoms with Gasteiger partial charge in [0, 0.05) is 11.4 Å². The van der Waals surface area contributed by atoms with Crippen molar-refractivity contribution < 1.29 is 18.7 Å². The van der Waals surface area contributed by atoms with Gasteiger partial charge < -0.3 is 15.4 Å². The molecule has 0 spiro atoms. The Morgan fingerprint density at radius 3 is 2.26 bits per heavy atom. The van der Waals surface area contributed by atoms with Gasteiger partial charge in [-0.2, -0.15) is 5.26 Å². The summed E-state index contributed by atoms with van der Waals surface area (Å²) in [5.41, 5.74) is 1.07. The van der Waals surface area contributed by atoms with Crippen LogP contribution in [0.1, 0.15) is 5.56 Å². The zero-order valence-corrected chi connectivity index (χ0v) is 19.5. The lowest BCUT2D eigenvalue weighted by molar-refractivity contribution is -0.118. The largest absolute Gasteiger partial charge is 0.482 e. The van der Waals surface area contributed by atoms with Crippen molar-refractivity contribution in [3.63, 3.8) is 0 Å². The third kappa shape index (κ3) is 6.96. The number of hydrogen-bond donors (Lipinski definition) is 2. The van der Waals surface area contributed by atoms with Crippen LogP contribution >= 0.6 is 34.8 Å². The van der Waals surface area contributed by atoms with Gasteiger partial charge in [-0.15, -0.1) is 0 Å². The van der Waals surface area contributed by atoms with Crippen LogP contribution in [0.25, 0.3) is 6.08 Å². The van der Waals surface area contributed by atoms with Crippen LogP contribution in [0.3, 0.4) is 0 Å². The molecular formula is C24H15Cl3FN3O3. The summed E-state index contributed by atoms with van der Waals surface area (Å²) in [5, 5.41) is 15.3. The van der Waals surface area contributed by atoms with Crippen molar-refractivity contribution in [2.45, 2.75) is 0 Å². The lowest BCUT2D eigenvalue weighted by Gasteiger charge is -2.10. The lowest BCUT2D eigenvalue weighted by Crippen LogP contribution is -2.20. The molecule has 0 radical (unpaired) electrons. The fraction of sp³-hybridized carbons (Fsp3) is 0.0417. The Labute approximate surface area is 209 Å². The number of hydrogen-bond acceptors (Lipinski definition) is 4. The number of halogens is 4. The van der Waals surface area contributed by atoms with Gasteiger partial charge in [-0.05, 0) is 66.2 Å². The molecule has 0 aliphatic rings. The Morgan fingerprint density at radius 1 is 0.912 bits per heavy atom. The minimum absolute atomic E-state index is 0.173. The summed E-state index contributed by atoms with van der Waals surface area (Å²) in [7, 11) is 0. The summed E-state index contributed by atoms with van der Waals surface area (Å²) in [6, 6.07) is 16.2. The second-order valence-electron chi connectivity index (χ2n) is 6.79. The average Bonchev–Trinajstić information content (AvgIpc) is 2.80. The molecule has 2 amide bonds. The molecule has 2 N–H and O–H groups in total. The predicted octanol–water partition coefficient (Wildman–Crippen LogP) is 6.35. The van der Waals surface area contributed by atoms with Gasteiger partial charge in [0.25, 0.3) is 11.8 Å². The highest BCUT2D eigenvalue weighted by Gasteiger charge is 2.12. The average molecular weight is 519 g/mol. The Bertz CT molecular complexity index is 1310. The number of nitrogens with zero attached hydrogens (tertiary/aromatic N) is 1. The van der Waals surface area contributed by atoms with E-state index in [0.717, 1.165) is 0 Å². The van der Waals surface area contributed by atoms with Gasteiger partial charge in [-0.25, -0.2) is 4.39 Å². The van der Waals surface area contributed by atoms with Crippen LogP contribution in [0.15, 0.2) is 66.2 Å². The number of nitriles is 1. The second kappa shape index (κ2) is 11.5. The van der Waals surface area contributed by atoms with E-state index in [1.807, 2.05) is 6.07 Å². The molecule has 0 aliphatic heterocycles. The molecule has 6 nitrogen and oxygen atoms in total. The molecule has 0 aromatic heterocycles. The first-order valence-electron chi connectivity index (χ1n) is 9.61. The van der Waals surface area contributed by atoms with Gasteiger partial charge in [0.2, 0.25) is 0 Å². The summed E-state index contributed by atoms with van der Waals surface area (Å²) in [6.07, 6.45) is 1.34. The maximum Gasteiger partial charge on any atom is 0.266 e. The van der Waals surface area contributed by atoms with E-state index in [4.69, 9.17) is 39.5 Å². The first-order valence-corrected chi connectivity index (χ1v) is 10.7. The van der Waals surface area contributed by atoms with Gasteiger partial charge >= 0.3 is 0 Å². The maximum absolute atomic E-state index is 13.0. The smallest absolute Gasteiger partial charge is 0.266 e. The molecule has 3 aromatic carbocycles. The fourth-order valence-corrected chi connectivity index (χ4v) is 3.23. The fourth-order valence-electron chi connectivity index (χ4n) is 2.69. The summed E-state index contributed by atoms with van der Waals surface area (Å²) in [6.45, 7) is -0.321. The van der Waals surface area contributed by atoms with Crippen molar-refractivity contribution in [3.8, 4) is 11.8 Å². The Balaban J connectivity index is 1.62. The Hall–Kier alpha value is -3.57. The first-order chi connectivity index (χ1) is 16.2. The Morgan fingerprint density at radius 2 is 1.62 bits per heavy atom. The SMILES string of the molecule is N#C/C(=C\c1ccc(OCC(=O)Nc2ccc(Cl)c(Cl)c2)c(Cl)c1)C(=O)Nc1ccc(F)cc1. The molecule has 0 saturated carbocycles. The molecule has 0 heterocycles. The first kappa shape index (κ1) is 25.1. The van der Waals surface area contributed by atoms with Crippen LogP contribution in [0.4, 0.5) is 15.8 Å². The van der Waals surface area contributed by atoms with E-state index in [1.165, 1.54) is 48.5 Å². The summed E-state index contributed by atoms with van der Waals surface area (Å²) >= 11 is 18.0. The van der Waals surface area contributed by atoms with Crippen LogP contribution in [0.5, 0.6) is 5.75 Å². The molecule has 3 rings (SSSR count). The highest BCUT2D eigenvalue weighted by Crippen LogP contribution is 2.27. The molecule has 0 unspecified atom stereocenters. The van der Waals surface area contributed by atoms with Crippen LogP contribution in [-0.4, -0.2) is 18.4 Å². The molecule has 0 aliphatic carbocycles. The molecule has 0 bridgehead atoms. The molecule has 172 valence electrons. The van der Waals surface area contributed by atoms with Crippen molar-refractivity contribution in [2.24, 2.45) is 0 Å². The Kier molecular flexibility index (Phi) is 8.50. The predicted molar refractivity (Wildman–Crippen MR) is 131 cm³/mol. The van der Waals surface area contributed by atoms with E-state index in [2.05, 4.69) is 10.6 Å². The standard InChI is InChI=1S/C24H15Cl3FN3O3/c25-19-7-6-18(11-20(19)26)30-23(32)13-34-22-8-1-14(10-21(22)27)9-15(12-29)24(33)31-17-4-2-16(28)3-5-17/h1-11H,13H2,(H,30,32)(H,31,33)/b15-9+. The normalized spacial score (nSPS) is 10.9. The third-order valence-corrected chi connectivity index (χ3v) is 5.33. The van der Waals surface area contributed by atoms with Crippen molar-refractivity contribution in [3.05, 3.63) is 92.7 Å². The number of carbonyl (C=O) groups excluding carboxylic acids is 2. The topological polar surface area (TPSA) is 91.2 Å². The van der Waals surface area contributed by atoms with Crippen LogP contribution in [-0.2, 0) is 9.59 Å². The molecular weight excluding hydrogens is 504 g/mol. The number of ether oxygens (including phenoxy) is 1. The number of anilines is 2. The van der Waals surface area contributed by atoms with Crippen molar-refractivity contribution in [1.82, 2.24) is 0 Å². The van der Waals surface area contributed by atoms with Crippen molar-refractivity contribution in [2.75, 3.05) is 17.2 Å². The van der Waals surface area contributed by atoms with Crippen LogP contribution in [0.2, 0.25) is 15.1 Å². The van der Waals surface area contributed by atoms with Gasteiger partial charge in [0.05, 0.1) is 15.1 Å². The molecule has 0 atom stereocenters. The highest BCUT2D eigenvalue weighted by atomic mass is 35.5. The van der Waals surface area contributed by atoms with E-state index in [9.17, 15) is 19.2 Å². The van der Waals surface area contributed by atoms with E-state index in [1.54, 1.807) is 18.2 Å². The van der Waals surface area contributed by atoms with Gasteiger partial charge in [0.1, 0.15) is 23.2 Å². The second-order valence-corrected chi connectivity index (χ2v) is 8.01. The molecule has 3 aromatic rings. The monoisotopic (exact) mass is 517 g/mol. The van der Waals surface area contributed by atoms with Crippen LogP contribution in [0, 0.1) is 17.1 Å². The molecule has 34 heavy (non-hydrogen) atoms. The highest BCUT2D eigenvalue weighted by molar-refractivity contribution is 6.42. The molecule has 0 fully saturated rings. The number of rotatable bonds is 7. The number of amides is 2. The van der Waals surface area contributed by atoms with Crippen LogP contribution < -0.4 is 15.4 Å². The van der Waals surface area contributed by atoms with Crippen molar-refractivity contribution in [1.29, 1.82) is 5.26 Å². The van der Waals surface area contributed by atoms with E-state index < -0.39 is 17.6 Å². The van der Waals surface area contributed by atoms with Crippen molar-refractivity contribution >= 4 is 64.1 Å². The lowest BCUT2D eigenvalue weighted by atomic mass is 10.1. The van der Waals surface area contributed by atoms with Gasteiger partial charge in [-0.3, -0.25) is 9.59 Å². The number of carbonyl (C=O) groups is 2. The van der Waals surface area contributed by atoms with E-state index in [0.29, 0.717) is 27.0 Å². The summed E-state index contributed by atoms with van der Waals surface area (Å²) in [5.74, 6) is -1.32. The zero-order chi connectivity index (χ0) is 24.7. The van der Waals surface area contributed by atoms with E-state index in [-0.39, 0.29) is 23.0 Å². The summed E-state index contributed by atoms with van der Waals surface area (Å²) < 4.78 is 18.4. The third-order valence-electron chi connectivity index (χ3n) is 4.30. The zero-order valence-electron chi connectivity index (χ0n) is 17.2. The quantitative estimate of drug-likeness (QED) is 0.282. The maximum atomic E-state index is 13.0.